The van der Waals surface area contributed by atoms with Gasteiger partial charge in [-0.15, -0.1) is 0 Å². The highest BCUT2D eigenvalue weighted by Gasteiger charge is 2.03. The molecule has 0 unspecified atom stereocenters. The topological polar surface area (TPSA) is 0 Å². The third kappa shape index (κ3) is 5.57. The van der Waals surface area contributed by atoms with Gasteiger partial charge in [-0.25, -0.2) is 0 Å². The molecule has 0 aliphatic carbocycles. The van der Waals surface area contributed by atoms with E-state index in [9.17, 15) is 0 Å². The zero-order chi connectivity index (χ0) is 20.7. The van der Waals surface area contributed by atoms with Crippen LogP contribution in [-0.4, -0.2) is 0 Å². The monoisotopic (exact) mass is 368 g/mol. The van der Waals surface area contributed by atoms with E-state index in [2.05, 4.69) is 121 Å². The number of rotatable bonds is 3. The molecule has 3 rings (SSSR count). The minimum absolute atomic E-state index is 1.16. The van der Waals surface area contributed by atoms with Crippen molar-refractivity contribution in [3.8, 4) is 0 Å². The Bertz CT molecular complexity index is 887. The first-order valence-corrected chi connectivity index (χ1v) is 9.83. The van der Waals surface area contributed by atoms with Gasteiger partial charge in [-0.05, 0) is 80.5 Å². The lowest BCUT2D eigenvalue weighted by molar-refractivity contribution is 1.28. The standard InChI is InChI=1S/C16H16.C12H16/c1-13(15-9-5-3-6-10-15)14(2)16-11-7-4-8-12-16;1-8(2)12-10(4)6-9(3)7-11(12)5/h3-12H,1-2H3;6-7H,1H2,2-5H3/b14-13-;. The Morgan fingerprint density at radius 2 is 0.964 bits per heavy atom. The van der Waals surface area contributed by atoms with Crippen LogP contribution in [0.5, 0.6) is 0 Å². The van der Waals surface area contributed by atoms with Crippen LogP contribution in [0.2, 0.25) is 0 Å². The Kier molecular flexibility index (Phi) is 7.58. The number of hydrogen-bond donors (Lipinski definition) is 0. The first kappa shape index (κ1) is 21.4. The maximum absolute atomic E-state index is 3.98. The van der Waals surface area contributed by atoms with E-state index < -0.39 is 0 Å². The molecule has 0 aliphatic heterocycles. The van der Waals surface area contributed by atoms with E-state index in [4.69, 9.17) is 0 Å². The van der Waals surface area contributed by atoms with Gasteiger partial charge in [0.15, 0.2) is 0 Å². The molecule has 0 spiro atoms. The van der Waals surface area contributed by atoms with Crippen LogP contribution < -0.4 is 0 Å². The number of hydrogen-bond acceptors (Lipinski definition) is 0. The van der Waals surface area contributed by atoms with Crippen LogP contribution in [0.25, 0.3) is 16.7 Å². The van der Waals surface area contributed by atoms with Crippen molar-refractivity contribution in [3.63, 3.8) is 0 Å². The normalized spacial score (nSPS) is 11.2. The molecular weight excluding hydrogens is 336 g/mol. The summed E-state index contributed by atoms with van der Waals surface area (Å²) in [6, 6.07) is 25.5. The van der Waals surface area contributed by atoms with Gasteiger partial charge in [0.05, 0.1) is 0 Å². The summed E-state index contributed by atoms with van der Waals surface area (Å²) in [6.45, 7) is 16.8. The van der Waals surface area contributed by atoms with E-state index in [0.717, 1.165) is 5.57 Å². The van der Waals surface area contributed by atoms with E-state index in [0.29, 0.717) is 0 Å². The lowest BCUT2D eigenvalue weighted by atomic mass is 9.95. The van der Waals surface area contributed by atoms with Crippen molar-refractivity contribution in [2.24, 2.45) is 0 Å². The van der Waals surface area contributed by atoms with E-state index >= 15 is 0 Å². The molecule has 144 valence electrons. The number of aryl methyl sites for hydroxylation is 3. The van der Waals surface area contributed by atoms with Crippen LogP contribution in [0.4, 0.5) is 0 Å². The van der Waals surface area contributed by atoms with Crippen LogP contribution >= 0.6 is 0 Å². The Morgan fingerprint density at radius 1 is 0.607 bits per heavy atom. The zero-order valence-electron chi connectivity index (χ0n) is 18.1. The maximum Gasteiger partial charge on any atom is -0.0174 e. The van der Waals surface area contributed by atoms with Gasteiger partial charge in [-0.1, -0.05) is 90.5 Å². The Hall–Kier alpha value is -2.86. The van der Waals surface area contributed by atoms with Crippen LogP contribution in [0.15, 0.2) is 79.4 Å². The molecule has 0 fully saturated rings. The summed E-state index contributed by atoms with van der Waals surface area (Å²) < 4.78 is 0. The molecule has 28 heavy (non-hydrogen) atoms. The van der Waals surface area contributed by atoms with Crippen molar-refractivity contribution in [3.05, 3.63) is 113 Å². The molecule has 0 nitrogen and oxygen atoms in total. The lowest BCUT2D eigenvalue weighted by Crippen LogP contribution is -1.91. The second-order valence-corrected chi connectivity index (χ2v) is 7.54. The van der Waals surface area contributed by atoms with E-state index in [1.807, 2.05) is 0 Å². The van der Waals surface area contributed by atoms with Crippen molar-refractivity contribution in [1.29, 1.82) is 0 Å². The number of benzene rings is 3. The van der Waals surface area contributed by atoms with E-state index in [1.54, 1.807) is 0 Å². The summed E-state index contributed by atoms with van der Waals surface area (Å²) in [4.78, 5) is 0. The van der Waals surface area contributed by atoms with Gasteiger partial charge in [0.25, 0.3) is 0 Å². The van der Waals surface area contributed by atoms with Gasteiger partial charge in [-0.2, -0.15) is 0 Å². The lowest BCUT2D eigenvalue weighted by Gasteiger charge is -2.10. The molecule has 0 heteroatoms. The molecule has 3 aromatic carbocycles. The minimum Gasteiger partial charge on any atom is -0.0955 e. The average molecular weight is 369 g/mol. The van der Waals surface area contributed by atoms with Crippen LogP contribution in [0, 0.1) is 20.8 Å². The van der Waals surface area contributed by atoms with Gasteiger partial charge in [0.1, 0.15) is 0 Å². The van der Waals surface area contributed by atoms with Crippen molar-refractivity contribution in [2.75, 3.05) is 0 Å². The minimum atomic E-state index is 1.16. The molecule has 0 bridgehead atoms. The first-order chi connectivity index (χ1) is 13.3. The van der Waals surface area contributed by atoms with E-state index in [1.165, 1.54) is 44.5 Å². The number of allylic oxidation sites excluding steroid dienone is 3. The molecule has 0 saturated heterocycles. The second kappa shape index (κ2) is 9.90. The molecule has 0 atom stereocenters. The highest BCUT2D eigenvalue weighted by molar-refractivity contribution is 5.88. The third-order valence-corrected chi connectivity index (χ3v) is 5.08. The molecule has 0 aliphatic rings. The van der Waals surface area contributed by atoms with Gasteiger partial charge >= 0.3 is 0 Å². The molecule has 3 aromatic rings. The summed E-state index contributed by atoms with van der Waals surface area (Å²) in [6.07, 6.45) is 0. The summed E-state index contributed by atoms with van der Waals surface area (Å²) in [5.41, 5.74) is 11.7. The van der Waals surface area contributed by atoms with Gasteiger partial charge < -0.3 is 0 Å². The molecule has 0 saturated carbocycles. The van der Waals surface area contributed by atoms with Crippen LogP contribution in [-0.2, 0) is 0 Å². The highest BCUT2D eigenvalue weighted by Crippen LogP contribution is 2.25. The quantitative estimate of drug-likeness (QED) is 0.408. The zero-order valence-corrected chi connectivity index (χ0v) is 18.1. The predicted octanol–water partition coefficient (Wildman–Crippen LogP) is 8.28. The predicted molar refractivity (Wildman–Crippen MR) is 126 cm³/mol. The first-order valence-electron chi connectivity index (χ1n) is 9.83. The molecule has 0 aromatic heterocycles. The van der Waals surface area contributed by atoms with Crippen LogP contribution in [0.1, 0.15) is 54.2 Å². The fraction of sp³-hybridized carbons (Fsp3) is 0.214. The Labute approximate surface area is 171 Å². The van der Waals surface area contributed by atoms with Crippen molar-refractivity contribution >= 4 is 16.7 Å². The summed E-state index contributed by atoms with van der Waals surface area (Å²) in [5.74, 6) is 0. The second-order valence-electron chi connectivity index (χ2n) is 7.54. The summed E-state index contributed by atoms with van der Waals surface area (Å²) >= 11 is 0. The van der Waals surface area contributed by atoms with Gasteiger partial charge in [-0.3, -0.25) is 0 Å². The molecular formula is C28H32. The maximum atomic E-state index is 3.98. The Balaban J connectivity index is 0.000000209. The Morgan fingerprint density at radius 3 is 1.29 bits per heavy atom. The molecule has 0 amide bonds. The van der Waals surface area contributed by atoms with Crippen molar-refractivity contribution in [2.45, 2.75) is 41.5 Å². The average Bonchev–Trinajstić information content (AvgIpc) is 2.67. The summed E-state index contributed by atoms with van der Waals surface area (Å²) in [5, 5.41) is 0. The van der Waals surface area contributed by atoms with E-state index in [-0.39, 0.29) is 0 Å². The van der Waals surface area contributed by atoms with Crippen molar-refractivity contribution < 1.29 is 0 Å². The SMILES string of the molecule is C/C(=C(\C)c1ccccc1)c1ccccc1.C=C(C)c1c(C)cc(C)cc1C. The van der Waals surface area contributed by atoms with Gasteiger partial charge in [0, 0.05) is 0 Å². The fourth-order valence-corrected chi connectivity index (χ4v) is 3.66. The molecule has 0 N–H and O–H groups in total. The third-order valence-electron chi connectivity index (χ3n) is 5.08. The van der Waals surface area contributed by atoms with Gasteiger partial charge in [0.2, 0.25) is 0 Å². The summed E-state index contributed by atoms with van der Waals surface area (Å²) in [7, 11) is 0. The molecule has 0 radical (unpaired) electrons. The largest absolute Gasteiger partial charge is 0.0955 e. The smallest absolute Gasteiger partial charge is 0.0174 e. The molecule has 0 heterocycles. The van der Waals surface area contributed by atoms with Crippen molar-refractivity contribution in [1.82, 2.24) is 0 Å². The van der Waals surface area contributed by atoms with Crippen LogP contribution in [0.3, 0.4) is 0 Å². The fourth-order valence-electron chi connectivity index (χ4n) is 3.66. The highest BCUT2D eigenvalue weighted by atomic mass is 14.1.